The Balaban J connectivity index is 1.67. The van der Waals surface area contributed by atoms with Gasteiger partial charge in [0.1, 0.15) is 5.75 Å². The molecule has 0 spiro atoms. The topological polar surface area (TPSA) is 30.5 Å². The molecule has 0 amide bonds. The standard InChI is InChI=1S/C15H20ClNO2/c1-10-6-14(3-5-18-10)17-9-12-8-13(16)7-11-2-4-19-15(11)12/h7-8,10,14,17H,2-6,9H2,1H3. The van der Waals surface area contributed by atoms with Crippen molar-refractivity contribution in [3.8, 4) is 5.75 Å². The summed E-state index contributed by atoms with van der Waals surface area (Å²) in [6, 6.07) is 4.56. The number of benzene rings is 1. The summed E-state index contributed by atoms with van der Waals surface area (Å²) in [6.45, 7) is 4.58. The molecule has 1 fully saturated rings. The molecule has 2 atom stereocenters. The summed E-state index contributed by atoms with van der Waals surface area (Å²) in [4.78, 5) is 0. The number of halogens is 1. The van der Waals surface area contributed by atoms with Gasteiger partial charge in [-0.25, -0.2) is 0 Å². The number of fused-ring (bicyclic) bond motifs is 1. The van der Waals surface area contributed by atoms with E-state index >= 15 is 0 Å². The molecule has 4 heteroatoms. The minimum atomic E-state index is 0.354. The van der Waals surface area contributed by atoms with Crippen molar-refractivity contribution in [2.24, 2.45) is 0 Å². The minimum Gasteiger partial charge on any atom is -0.493 e. The Labute approximate surface area is 119 Å². The molecule has 2 unspecified atom stereocenters. The van der Waals surface area contributed by atoms with Crippen LogP contribution in [0.15, 0.2) is 12.1 Å². The molecule has 1 aromatic carbocycles. The fourth-order valence-electron chi connectivity index (χ4n) is 2.92. The molecule has 2 aliphatic heterocycles. The van der Waals surface area contributed by atoms with E-state index in [4.69, 9.17) is 21.1 Å². The Morgan fingerprint density at radius 2 is 2.26 bits per heavy atom. The summed E-state index contributed by atoms with van der Waals surface area (Å²) >= 11 is 6.17. The highest BCUT2D eigenvalue weighted by Crippen LogP contribution is 2.33. The Morgan fingerprint density at radius 3 is 3.11 bits per heavy atom. The van der Waals surface area contributed by atoms with E-state index in [9.17, 15) is 0 Å². The van der Waals surface area contributed by atoms with Crippen LogP contribution in [0.2, 0.25) is 5.02 Å². The monoisotopic (exact) mass is 281 g/mol. The van der Waals surface area contributed by atoms with Gasteiger partial charge in [0.15, 0.2) is 0 Å². The first-order valence-corrected chi connectivity index (χ1v) is 7.39. The zero-order chi connectivity index (χ0) is 13.2. The van der Waals surface area contributed by atoms with Gasteiger partial charge < -0.3 is 14.8 Å². The van der Waals surface area contributed by atoms with E-state index in [0.29, 0.717) is 12.1 Å². The average Bonchev–Trinajstić information content (AvgIpc) is 2.84. The van der Waals surface area contributed by atoms with Crippen molar-refractivity contribution in [3.63, 3.8) is 0 Å². The first-order valence-electron chi connectivity index (χ1n) is 7.01. The highest BCUT2D eigenvalue weighted by Gasteiger charge is 2.21. The van der Waals surface area contributed by atoms with Gasteiger partial charge in [0.2, 0.25) is 0 Å². The summed E-state index contributed by atoms with van der Waals surface area (Å²) in [7, 11) is 0. The van der Waals surface area contributed by atoms with E-state index in [1.165, 1.54) is 11.1 Å². The lowest BCUT2D eigenvalue weighted by atomic mass is 10.0. The van der Waals surface area contributed by atoms with Crippen LogP contribution in [0.3, 0.4) is 0 Å². The maximum atomic E-state index is 6.17. The summed E-state index contributed by atoms with van der Waals surface area (Å²) in [6.07, 6.45) is 3.47. The van der Waals surface area contributed by atoms with Gasteiger partial charge in [-0.3, -0.25) is 0 Å². The smallest absolute Gasteiger partial charge is 0.127 e. The van der Waals surface area contributed by atoms with Crippen LogP contribution in [0.5, 0.6) is 5.75 Å². The molecule has 0 bridgehead atoms. The third kappa shape index (κ3) is 3.04. The summed E-state index contributed by atoms with van der Waals surface area (Å²) in [5.74, 6) is 1.04. The molecular weight excluding hydrogens is 262 g/mol. The van der Waals surface area contributed by atoms with Gasteiger partial charge in [-0.15, -0.1) is 0 Å². The summed E-state index contributed by atoms with van der Waals surface area (Å²) in [5.41, 5.74) is 2.42. The van der Waals surface area contributed by atoms with Gasteiger partial charge in [-0.05, 0) is 37.5 Å². The lowest BCUT2D eigenvalue weighted by molar-refractivity contribution is 0.0130. The second-order valence-corrected chi connectivity index (χ2v) is 5.87. The van der Waals surface area contributed by atoms with Crippen LogP contribution in [0.25, 0.3) is 0 Å². The quantitative estimate of drug-likeness (QED) is 0.924. The molecule has 1 N–H and O–H groups in total. The fourth-order valence-corrected chi connectivity index (χ4v) is 3.18. The number of hydrogen-bond donors (Lipinski definition) is 1. The molecule has 104 valence electrons. The Kier molecular flexibility index (Phi) is 3.96. The predicted molar refractivity (Wildman–Crippen MR) is 75.9 cm³/mol. The number of ether oxygens (including phenoxy) is 2. The van der Waals surface area contributed by atoms with Crippen molar-refractivity contribution in [3.05, 3.63) is 28.3 Å². The van der Waals surface area contributed by atoms with Crippen molar-refractivity contribution in [2.45, 2.75) is 44.9 Å². The predicted octanol–water partition coefficient (Wildman–Crippen LogP) is 2.93. The van der Waals surface area contributed by atoms with E-state index in [-0.39, 0.29) is 0 Å². The van der Waals surface area contributed by atoms with Gasteiger partial charge in [0.05, 0.1) is 12.7 Å². The Morgan fingerprint density at radius 1 is 1.37 bits per heavy atom. The third-order valence-electron chi connectivity index (χ3n) is 3.89. The van der Waals surface area contributed by atoms with Crippen LogP contribution < -0.4 is 10.1 Å². The van der Waals surface area contributed by atoms with Crippen molar-refractivity contribution in [1.29, 1.82) is 0 Å². The van der Waals surface area contributed by atoms with E-state index < -0.39 is 0 Å². The van der Waals surface area contributed by atoms with E-state index in [0.717, 1.165) is 49.8 Å². The van der Waals surface area contributed by atoms with Gasteiger partial charge >= 0.3 is 0 Å². The van der Waals surface area contributed by atoms with Crippen LogP contribution in [-0.2, 0) is 17.7 Å². The van der Waals surface area contributed by atoms with Crippen molar-refractivity contribution < 1.29 is 9.47 Å². The fraction of sp³-hybridized carbons (Fsp3) is 0.600. The first-order chi connectivity index (χ1) is 9.22. The van der Waals surface area contributed by atoms with Crippen LogP contribution in [-0.4, -0.2) is 25.4 Å². The Bertz CT molecular complexity index is 464. The molecule has 1 aromatic rings. The second-order valence-electron chi connectivity index (χ2n) is 5.44. The molecular formula is C15H20ClNO2. The van der Waals surface area contributed by atoms with Crippen LogP contribution in [0.1, 0.15) is 30.9 Å². The van der Waals surface area contributed by atoms with E-state index in [1.807, 2.05) is 12.1 Å². The number of rotatable bonds is 3. The molecule has 2 aliphatic rings. The second kappa shape index (κ2) is 5.70. The van der Waals surface area contributed by atoms with Crippen molar-refractivity contribution >= 4 is 11.6 Å². The van der Waals surface area contributed by atoms with Gasteiger partial charge in [-0.2, -0.15) is 0 Å². The lowest BCUT2D eigenvalue weighted by Gasteiger charge is -2.28. The van der Waals surface area contributed by atoms with Crippen molar-refractivity contribution in [2.75, 3.05) is 13.2 Å². The van der Waals surface area contributed by atoms with Gasteiger partial charge in [0, 0.05) is 36.2 Å². The van der Waals surface area contributed by atoms with E-state index in [1.54, 1.807) is 0 Å². The summed E-state index contributed by atoms with van der Waals surface area (Å²) < 4.78 is 11.3. The van der Waals surface area contributed by atoms with Crippen LogP contribution in [0, 0.1) is 0 Å². The SMILES string of the molecule is CC1CC(NCc2cc(Cl)cc3c2OCC3)CCO1. The average molecular weight is 282 g/mol. The molecule has 0 saturated carbocycles. The Hall–Kier alpha value is -0.770. The third-order valence-corrected chi connectivity index (χ3v) is 4.11. The summed E-state index contributed by atoms with van der Waals surface area (Å²) in [5, 5.41) is 4.41. The maximum absolute atomic E-state index is 6.17. The van der Waals surface area contributed by atoms with Gasteiger partial charge in [0.25, 0.3) is 0 Å². The zero-order valence-corrected chi connectivity index (χ0v) is 12.0. The van der Waals surface area contributed by atoms with Crippen LogP contribution >= 0.6 is 11.6 Å². The molecule has 3 nitrogen and oxygen atoms in total. The zero-order valence-electron chi connectivity index (χ0n) is 11.2. The molecule has 3 rings (SSSR count). The first kappa shape index (κ1) is 13.2. The maximum Gasteiger partial charge on any atom is 0.127 e. The van der Waals surface area contributed by atoms with Crippen molar-refractivity contribution in [1.82, 2.24) is 5.32 Å². The van der Waals surface area contributed by atoms with Crippen LogP contribution in [0.4, 0.5) is 0 Å². The number of nitrogens with one attached hydrogen (secondary N) is 1. The minimum absolute atomic E-state index is 0.354. The normalized spacial score (nSPS) is 26.0. The molecule has 0 aliphatic carbocycles. The highest BCUT2D eigenvalue weighted by atomic mass is 35.5. The largest absolute Gasteiger partial charge is 0.493 e. The molecule has 1 saturated heterocycles. The number of hydrogen-bond acceptors (Lipinski definition) is 3. The molecule has 19 heavy (non-hydrogen) atoms. The highest BCUT2D eigenvalue weighted by molar-refractivity contribution is 6.30. The van der Waals surface area contributed by atoms with Gasteiger partial charge in [-0.1, -0.05) is 11.6 Å². The molecule has 0 radical (unpaired) electrons. The van der Waals surface area contributed by atoms with E-state index in [2.05, 4.69) is 12.2 Å². The molecule has 0 aromatic heterocycles. The lowest BCUT2D eigenvalue weighted by Crippen LogP contribution is -2.37. The molecule has 2 heterocycles.